The summed E-state index contributed by atoms with van der Waals surface area (Å²) in [6, 6.07) is 8.26. The highest BCUT2D eigenvalue weighted by atomic mass is 16.5. The molecule has 1 aromatic carbocycles. The fourth-order valence-electron chi connectivity index (χ4n) is 4.20. The molecule has 3 aromatic rings. The number of hydrogen-bond acceptors (Lipinski definition) is 7. The van der Waals surface area contributed by atoms with Crippen molar-refractivity contribution in [3.8, 4) is 0 Å². The van der Waals surface area contributed by atoms with Crippen LogP contribution in [0.15, 0.2) is 54.0 Å². The Morgan fingerprint density at radius 2 is 2.03 bits per heavy atom. The first-order chi connectivity index (χ1) is 16.9. The number of nitrogens with one attached hydrogen (secondary N) is 2. The quantitative estimate of drug-likeness (QED) is 0.415. The molecule has 0 unspecified atom stereocenters. The summed E-state index contributed by atoms with van der Waals surface area (Å²) in [4.78, 5) is 48.6. The Labute approximate surface area is 202 Å². The van der Waals surface area contributed by atoms with Crippen LogP contribution in [0.2, 0.25) is 0 Å². The van der Waals surface area contributed by atoms with Gasteiger partial charge >= 0.3 is 12.0 Å². The average molecular weight is 477 g/mol. The second-order valence-electron chi connectivity index (χ2n) is 8.39. The molecular weight excluding hydrogens is 448 g/mol. The van der Waals surface area contributed by atoms with Crippen molar-refractivity contribution in [1.29, 1.82) is 0 Å². The number of allylic oxidation sites excluding steroid dienone is 1. The molecule has 10 nitrogen and oxygen atoms in total. The Hall–Kier alpha value is -4.21. The highest BCUT2D eigenvalue weighted by molar-refractivity contribution is 6.01. The molecule has 182 valence electrons. The fourth-order valence-corrected chi connectivity index (χ4v) is 4.20. The Bertz CT molecular complexity index is 1330. The number of esters is 1. The Balaban J connectivity index is 1.43. The van der Waals surface area contributed by atoms with Crippen LogP contribution in [0.4, 0.5) is 16.3 Å². The van der Waals surface area contributed by atoms with Crippen molar-refractivity contribution in [2.75, 3.05) is 30.4 Å². The number of rotatable bonds is 6. The van der Waals surface area contributed by atoms with Gasteiger partial charge in [-0.2, -0.15) is 0 Å². The molecule has 1 saturated heterocycles. The first-order valence-corrected chi connectivity index (χ1v) is 11.4. The van der Waals surface area contributed by atoms with E-state index in [9.17, 15) is 14.4 Å². The standard InChI is InChI=1S/C25H28N6O4/c1-4-12-31-21-19(6-5-11-26-21)28-22(23(31)32)30-13-9-17(10-14-30)27-25(34)29-20-15-16(2)7-8-18(20)24(33)35-3/h4-8,11,15,17H,1,9-10,12-14H2,2-3H3,(H2,27,29,34). The zero-order chi connectivity index (χ0) is 24.9. The van der Waals surface area contributed by atoms with Crippen molar-refractivity contribution in [2.45, 2.75) is 32.4 Å². The number of nitrogens with zero attached hydrogens (tertiary/aromatic N) is 4. The van der Waals surface area contributed by atoms with Crippen molar-refractivity contribution >= 4 is 34.7 Å². The van der Waals surface area contributed by atoms with E-state index in [1.54, 1.807) is 41.1 Å². The van der Waals surface area contributed by atoms with Crippen molar-refractivity contribution in [3.05, 3.63) is 70.7 Å². The van der Waals surface area contributed by atoms with E-state index < -0.39 is 12.0 Å². The predicted molar refractivity (Wildman–Crippen MR) is 134 cm³/mol. The topological polar surface area (TPSA) is 118 Å². The van der Waals surface area contributed by atoms with E-state index in [0.29, 0.717) is 55.1 Å². The minimum atomic E-state index is -0.520. The SMILES string of the molecule is C=CCn1c(=O)c(N2CCC(NC(=O)Nc3cc(C)ccc3C(=O)OC)CC2)nc2cccnc21. The molecule has 0 radical (unpaired) electrons. The van der Waals surface area contributed by atoms with Crippen LogP contribution >= 0.6 is 0 Å². The lowest BCUT2D eigenvalue weighted by atomic mass is 10.1. The minimum Gasteiger partial charge on any atom is -0.465 e. The zero-order valence-electron chi connectivity index (χ0n) is 19.8. The first kappa shape index (κ1) is 23.9. The zero-order valence-corrected chi connectivity index (χ0v) is 19.8. The molecule has 1 aliphatic heterocycles. The predicted octanol–water partition coefficient (Wildman–Crippen LogP) is 2.86. The van der Waals surface area contributed by atoms with Gasteiger partial charge in [-0.15, -0.1) is 6.58 Å². The van der Waals surface area contributed by atoms with Gasteiger partial charge in [0.05, 0.1) is 18.4 Å². The normalized spacial score (nSPS) is 13.9. The number of amides is 2. The molecule has 3 heterocycles. The summed E-state index contributed by atoms with van der Waals surface area (Å²) in [5.41, 5.74) is 2.54. The number of piperidine rings is 1. The molecule has 1 aliphatic rings. The summed E-state index contributed by atoms with van der Waals surface area (Å²) in [6.45, 7) is 7.08. The number of methoxy groups -OCH3 is 1. The summed E-state index contributed by atoms with van der Waals surface area (Å²) in [7, 11) is 1.30. The van der Waals surface area contributed by atoms with E-state index in [1.807, 2.05) is 17.9 Å². The van der Waals surface area contributed by atoms with Gasteiger partial charge in [-0.25, -0.2) is 19.6 Å². The lowest BCUT2D eigenvalue weighted by molar-refractivity contribution is 0.0602. The number of aromatic nitrogens is 3. The van der Waals surface area contributed by atoms with Gasteiger partial charge in [0.25, 0.3) is 5.56 Å². The molecule has 0 saturated carbocycles. The van der Waals surface area contributed by atoms with Crippen molar-refractivity contribution in [2.24, 2.45) is 0 Å². The van der Waals surface area contributed by atoms with Crippen LogP contribution in [-0.2, 0) is 11.3 Å². The lowest BCUT2D eigenvalue weighted by Crippen LogP contribution is -2.47. The van der Waals surface area contributed by atoms with Crippen molar-refractivity contribution in [3.63, 3.8) is 0 Å². The maximum atomic E-state index is 13.1. The highest BCUT2D eigenvalue weighted by Gasteiger charge is 2.25. The molecular formula is C25H28N6O4. The number of benzene rings is 1. The van der Waals surface area contributed by atoms with Crippen LogP contribution in [0.1, 0.15) is 28.8 Å². The molecule has 35 heavy (non-hydrogen) atoms. The van der Waals surface area contributed by atoms with Crippen LogP contribution in [-0.4, -0.2) is 52.8 Å². The minimum absolute atomic E-state index is 0.0878. The number of hydrogen-bond donors (Lipinski definition) is 2. The van der Waals surface area contributed by atoms with E-state index in [1.165, 1.54) is 7.11 Å². The first-order valence-electron chi connectivity index (χ1n) is 11.4. The summed E-state index contributed by atoms with van der Waals surface area (Å²) in [5, 5.41) is 5.72. The van der Waals surface area contributed by atoms with Gasteiger partial charge in [0.2, 0.25) is 0 Å². The maximum Gasteiger partial charge on any atom is 0.339 e. The number of carbonyl (C=O) groups is 2. The molecule has 0 atom stereocenters. The molecule has 0 spiro atoms. The molecule has 0 bridgehead atoms. The monoisotopic (exact) mass is 476 g/mol. The molecule has 0 aliphatic carbocycles. The van der Waals surface area contributed by atoms with Crippen LogP contribution in [0.5, 0.6) is 0 Å². The highest BCUT2D eigenvalue weighted by Crippen LogP contribution is 2.20. The van der Waals surface area contributed by atoms with E-state index in [4.69, 9.17) is 4.74 Å². The largest absolute Gasteiger partial charge is 0.465 e. The van der Waals surface area contributed by atoms with Gasteiger partial charge in [-0.05, 0) is 49.6 Å². The summed E-state index contributed by atoms with van der Waals surface area (Å²) < 4.78 is 6.38. The molecule has 2 amide bonds. The molecule has 2 aromatic heterocycles. The molecule has 2 N–H and O–H groups in total. The number of aryl methyl sites for hydroxylation is 1. The van der Waals surface area contributed by atoms with Crippen LogP contribution in [0.25, 0.3) is 11.2 Å². The van der Waals surface area contributed by atoms with Crippen molar-refractivity contribution in [1.82, 2.24) is 19.9 Å². The number of pyridine rings is 1. The number of urea groups is 1. The van der Waals surface area contributed by atoms with Gasteiger partial charge in [-0.3, -0.25) is 9.36 Å². The third kappa shape index (κ3) is 5.16. The maximum absolute atomic E-state index is 13.1. The number of fused-ring (bicyclic) bond motifs is 1. The summed E-state index contributed by atoms with van der Waals surface area (Å²) in [5.74, 6) is -0.147. The van der Waals surface area contributed by atoms with Gasteiger partial charge in [0.15, 0.2) is 11.5 Å². The Morgan fingerprint density at radius 1 is 1.26 bits per heavy atom. The third-order valence-electron chi connectivity index (χ3n) is 5.95. The number of anilines is 2. The van der Waals surface area contributed by atoms with Gasteiger partial charge < -0.3 is 20.3 Å². The lowest BCUT2D eigenvalue weighted by Gasteiger charge is -2.33. The average Bonchev–Trinajstić information content (AvgIpc) is 2.86. The van der Waals surface area contributed by atoms with Crippen LogP contribution in [0.3, 0.4) is 0 Å². The van der Waals surface area contributed by atoms with Crippen LogP contribution in [0, 0.1) is 6.92 Å². The number of carbonyl (C=O) groups excluding carboxylic acids is 2. The molecule has 4 rings (SSSR count). The second kappa shape index (κ2) is 10.4. The van der Waals surface area contributed by atoms with E-state index >= 15 is 0 Å². The Morgan fingerprint density at radius 3 is 2.74 bits per heavy atom. The molecule has 1 fully saturated rings. The number of ether oxygens (including phenoxy) is 1. The van der Waals surface area contributed by atoms with E-state index in [0.717, 1.165) is 5.56 Å². The van der Waals surface area contributed by atoms with E-state index in [2.05, 4.69) is 27.2 Å². The Kier molecular flexibility index (Phi) is 7.09. The third-order valence-corrected chi connectivity index (χ3v) is 5.95. The van der Waals surface area contributed by atoms with Gasteiger partial charge in [0, 0.05) is 31.9 Å². The van der Waals surface area contributed by atoms with Gasteiger partial charge in [-0.1, -0.05) is 12.1 Å². The summed E-state index contributed by atoms with van der Waals surface area (Å²) >= 11 is 0. The van der Waals surface area contributed by atoms with Crippen LogP contribution < -0.4 is 21.1 Å². The van der Waals surface area contributed by atoms with E-state index in [-0.39, 0.29) is 17.2 Å². The van der Waals surface area contributed by atoms with Gasteiger partial charge in [0.1, 0.15) is 5.52 Å². The summed E-state index contributed by atoms with van der Waals surface area (Å²) in [6.07, 6.45) is 4.57. The van der Waals surface area contributed by atoms with Crippen molar-refractivity contribution < 1.29 is 14.3 Å². The second-order valence-corrected chi connectivity index (χ2v) is 8.39. The molecule has 10 heteroatoms. The smallest absolute Gasteiger partial charge is 0.339 e. The fraction of sp³-hybridized carbons (Fsp3) is 0.320.